The molecule has 3 unspecified atom stereocenters. The molecule has 0 radical (unpaired) electrons. The molecule has 0 bridgehead atoms. The van der Waals surface area contributed by atoms with E-state index in [2.05, 4.69) is 26.1 Å². The fourth-order valence-corrected chi connectivity index (χ4v) is 2.52. The van der Waals surface area contributed by atoms with Gasteiger partial charge in [-0.25, -0.2) is 0 Å². The Morgan fingerprint density at radius 2 is 1.90 bits per heavy atom. The van der Waals surface area contributed by atoms with Gasteiger partial charge >= 0.3 is 0 Å². The molecule has 0 aromatic heterocycles. The molecule has 3 atom stereocenters. The molecule has 1 rings (SSSR count). The van der Waals surface area contributed by atoms with Crippen molar-refractivity contribution >= 4 is 5.91 Å². The van der Waals surface area contributed by atoms with Crippen molar-refractivity contribution in [3.05, 3.63) is 35.9 Å². The van der Waals surface area contributed by atoms with Crippen molar-refractivity contribution in [2.24, 2.45) is 17.6 Å². The minimum absolute atomic E-state index is 0.0527. The van der Waals surface area contributed by atoms with Crippen LogP contribution in [0.2, 0.25) is 0 Å². The van der Waals surface area contributed by atoms with Gasteiger partial charge in [-0.2, -0.15) is 0 Å². The van der Waals surface area contributed by atoms with Gasteiger partial charge in [-0.05, 0) is 36.8 Å². The molecule has 0 aliphatic heterocycles. The summed E-state index contributed by atoms with van der Waals surface area (Å²) in [5.41, 5.74) is 6.72. The molecule has 0 saturated heterocycles. The van der Waals surface area contributed by atoms with Crippen LogP contribution in [0.15, 0.2) is 30.3 Å². The summed E-state index contributed by atoms with van der Waals surface area (Å²) in [6.45, 7) is 7.88. The van der Waals surface area contributed by atoms with Crippen LogP contribution in [-0.4, -0.2) is 19.0 Å². The van der Waals surface area contributed by atoms with E-state index >= 15 is 0 Å². The van der Waals surface area contributed by atoms with Crippen LogP contribution in [0.5, 0.6) is 0 Å². The normalized spacial score (nSPS) is 15.2. The van der Waals surface area contributed by atoms with Crippen molar-refractivity contribution < 1.29 is 4.79 Å². The van der Waals surface area contributed by atoms with Gasteiger partial charge in [0, 0.05) is 6.54 Å². The molecule has 3 N–H and O–H groups in total. The van der Waals surface area contributed by atoms with Crippen molar-refractivity contribution in [2.75, 3.05) is 13.1 Å². The number of amides is 1. The van der Waals surface area contributed by atoms with Crippen molar-refractivity contribution in [3.8, 4) is 0 Å². The van der Waals surface area contributed by atoms with Gasteiger partial charge in [-0.1, -0.05) is 57.5 Å². The number of nitrogens with one attached hydrogen (secondary N) is 1. The summed E-state index contributed by atoms with van der Waals surface area (Å²) in [6, 6.07) is 10.1. The Labute approximate surface area is 129 Å². The van der Waals surface area contributed by atoms with Gasteiger partial charge in [0.25, 0.3) is 0 Å². The lowest BCUT2D eigenvalue weighted by Crippen LogP contribution is -2.33. The van der Waals surface area contributed by atoms with Crippen LogP contribution in [-0.2, 0) is 4.79 Å². The third kappa shape index (κ3) is 5.88. The maximum atomic E-state index is 12.5. The van der Waals surface area contributed by atoms with Crippen molar-refractivity contribution in [2.45, 2.75) is 46.0 Å². The SMILES string of the molecule is CCC(C)C(C(=O)NCCCC(C)CN)c1ccccc1. The Balaban J connectivity index is 2.57. The average Bonchev–Trinajstić information content (AvgIpc) is 2.52. The molecule has 1 aromatic carbocycles. The standard InChI is InChI=1S/C18H30N2O/c1-4-15(3)17(16-10-6-5-7-11-16)18(21)20-12-8-9-14(2)13-19/h5-7,10-11,14-15,17H,4,8-9,12-13,19H2,1-3H3,(H,20,21). The second-order valence-corrected chi connectivity index (χ2v) is 6.05. The van der Waals surface area contributed by atoms with E-state index in [1.54, 1.807) is 0 Å². The zero-order chi connectivity index (χ0) is 15.7. The summed E-state index contributed by atoms with van der Waals surface area (Å²) in [5.74, 6) is 0.968. The van der Waals surface area contributed by atoms with Gasteiger partial charge in [-0.3, -0.25) is 4.79 Å². The Morgan fingerprint density at radius 1 is 1.24 bits per heavy atom. The topological polar surface area (TPSA) is 55.1 Å². The number of hydrogen-bond donors (Lipinski definition) is 2. The van der Waals surface area contributed by atoms with E-state index in [0.717, 1.165) is 31.4 Å². The van der Waals surface area contributed by atoms with Crippen molar-refractivity contribution in [1.82, 2.24) is 5.32 Å². The Kier molecular flexibility index (Phi) is 8.06. The monoisotopic (exact) mass is 290 g/mol. The smallest absolute Gasteiger partial charge is 0.227 e. The predicted molar refractivity (Wildman–Crippen MR) is 89.1 cm³/mol. The van der Waals surface area contributed by atoms with Crippen molar-refractivity contribution in [1.29, 1.82) is 0 Å². The first-order valence-electron chi connectivity index (χ1n) is 8.12. The van der Waals surface area contributed by atoms with Gasteiger partial charge < -0.3 is 11.1 Å². The first-order valence-corrected chi connectivity index (χ1v) is 8.12. The molecule has 1 aromatic rings. The molecule has 0 aliphatic rings. The molecular formula is C18H30N2O. The van der Waals surface area contributed by atoms with Gasteiger partial charge in [-0.15, -0.1) is 0 Å². The van der Waals surface area contributed by atoms with E-state index in [9.17, 15) is 4.79 Å². The lowest BCUT2D eigenvalue weighted by atomic mass is 9.85. The zero-order valence-electron chi connectivity index (χ0n) is 13.6. The molecule has 0 heterocycles. The highest BCUT2D eigenvalue weighted by atomic mass is 16.1. The number of rotatable bonds is 9. The number of carbonyl (C=O) groups excluding carboxylic acids is 1. The molecule has 1 amide bonds. The fourth-order valence-electron chi connectivity index (χ4n) is 2.52. The van der Waals surface area contributed by atoms with Crippen LogP contribution in [0, 0.1) is 11.8 Å². The molecule has 0 saturated carbocycles. The Bertz CT molecular complexity index is 405. The number of carbonyl (C=O) groups is 1. The summed E-state index contributed by atoms with van der Waals surface area (Å²) in [6.07, 6.45) is 3.05. The van der Waals surface area contributed by atoms with Gasteiger partial charge in [0.2, 0.25) is 5.91 Å². The number of hydrogen-bond acceptors (Lipinski definition) is 2. The summed E-state index contributed by atoms with van der Waals surface area (Å²) in [4.78, 5) is 12.5. The summed E-state index contributed by atoms with van der Waals surface area (Å²) >= 11 is 0. The molecule has 0 aliphatic carbocycles. The number of benzene rings is 1. The van der Waals surface area contributed by atoms with Crippen LogP contribution in [0.1, 0.15) is 51.5 Å². The zero-order valence-corrected chi connectivity index (χ0v) is 13.6. The second-order valence-electron chi connectivity index (χ2n) is 6.05. The van der Waals surface area contributed by atoms with E-state index in [1.165, 1.54) is 0 Å². The first-order chi connectivity index (χ1) is 10.1. The molecule has 21 heavy (non-hydrogen) atoms. The molecular weight excluding hydrogens is 260 g/mol. The molecule has 0 fully saturated rings. The summed E-state index contributed by atoms with van der Waals surface area (Å²) in [5, 5.41) is 3.10. The number of nitrogens with two attached hydrogens (primary N) is 1. The fraction of sp³-hybridized carbons (Fsp3) is 0.611. The van der Waals surface area contributed by atoms with E-state index in [4.69, 9.17) is 5.73 Å². The summed E-state index contributed by atoms with van der Waals surface area (Å²) < 4.78 is 0. The Morgan fingerprint density at radius 3 is 2.48 bits per heavy atom. The predicted octanol–water partition coefficient (Wildman–Crippen LogP) is 3.31. The van der Waals surface area contributed by atoms with Gasteiger partial charge in [0.15, 0.2) is 0 Å². The van der Waals surface area contributed by atoms with E-state index in [1.807, 2.05) is 30.3 Å². The van der Waals surface area contributed by atoms with E-state index in [0.29, 0.717) is 18.4 Å². The molecule has 118 valence electrons. The van der Waals surface area contributed by atoms with Gasteiger partial charge in [0.05, 0.1) is 5.92 Å². The first kappa shape index (κ1) is 17.7. The van der Waals surface area contributed by atoms with Crippen LogP contribution < -0.4 is 11.1 Å². The van der Waals surface area contributed by atoms with E-state index in [-0.39, 0.29) is 11.8 Å². The average molecular weight is 290 g/mol. The largest absolute Gasteiger partial charge is 0.356 e. The Hall–Kier alpha value is -1.35. The summed E-state index contributed by atoms with van der Waals surface area (Å²) in [7, 11) is 0. The van der Waals surface area contributed by atoms with Gasteiger partial charge in [0.1, 0.15) is 0 Å². The van der Waals surface area contributed by atoms with Crippen molar-refractivity contribution in [3.63, 3.8) is 0 Å². The highest BCUT2D eigenvalue weighted by molar-refractivity contribution is 5.83. The molecule has 3 heteroatoms. The molecule has 3 nitrogen and oxygen atoms in total. The minimum atomic E-state index is -0.0527. The highest BCUT2D eigenvalue weighted by Gasteiger charge is 2.25. The third-order valence-electron chi connectivity index (χ3n) is 4.23. The minimum Gasteiger partial charge on any atom is -0.356 e. The second kappa shape index (κ2) is 9.56. The molecule has 0 spiro atoms. The van der Waals surface area contributed by atoms with Crippen LogP contribution in [0.25, 0.3) is 0 Å². The maximum Gasteiger partial charge on any atom is 0.227 e. The van der Waals surface area contributed by atoms with Crippen LogP contribution in [0.3, 0.4) is 0 Å². The maximum absolute atomic E-state index is 12.5. The van der Waals surface area contributed by atoms with Crippen LogP contribution >= 0.6 is 0 Å². The van der Waals surface area contributed by atoms with Crippen LogP contribution in [0.4, 0.5) is 0 Å². The van der Waals surface area contributed by atoms with E-state index < -0.39 is 0 Å². The lowest BCUT2D eigenvalue weighted by Gasteiger charge is -2.23. The quantitative estimate of drug-likeness (QED) is 0.686. The lowest BCUT2D eigenvalue weighted by molar-refractivity contribution is -0.123. The highest BCUT2D eigenvalue weighted by Crippen LogP contribution is 2.27. The third-order valence-corrected chi connectivity index (χ3v) is 4.23.